The summed E-state index contributed by atoms with van der Waals surface area (Å²) in [5, 5.41) is 0. The number of benzene rings is 2. The number of rotatable bonds is 5. The Balaban J connectivity index is 2.00. The lowest BCUT2D eigenvalue weighted by Crippen LogP contribution is -2.29. The molecular formula is C16H18F2N2. The molecule has 20 heavy (non-hydrogen) atoms. The van der Waals surface area contributed by atoms with Crippen LogP contribution in [0.15, 0.2) is 48.5 Å². The first-order valence-electron chi connectivity index (χ1n) is 6.50. The lowest BCUT2D eigenvalue weighted by Gasteiger charge is -2.22. The topological polar surface area (TPSA) is 29.3 Å². The summed E-state index contributed by atoms with van der Waals surface area (Å²) in [5.41, 5.74) is 7.34. The van der Waals surface area contributed by atoms with Crippen molar-refractivity contribution in [1.29, 1.82) is 0 Å². The molecule has 0 fully saturated rings. The minimum atomic E-state index is -0.858. The third-order valence-corrected chi connectivity index (χ3v) is 3.18. The second-order valence-electron chi connectivity index (χ2n) is 4.93. The Labute approximate surface area is 117 Å². The van der Waals surface area contributed by atoms with E-state index in [2.05, 4.69) is 0 Å². The van der Waals surface area contributed by atoms with Crippen LogP contribution in [0, 0.1) is 11.6 Å². The maximum absolute atomic E-state index is 13.7. The predicted octanol–water partition coefficient (Wildman–Crippen LogP) is 3.10. The SMILES string of the molecule is CN(Cc1ccccc1)CC(N)c1cccc(F)c1F. The Morgan fingerprint density at radius 1 is 1.05 bits per heavy atom. The van der Waals surface area contributed by atoms with Crippen molar-refractivity contribution in [3.05, 3.63) is 71.3 Å². The zero-order chi connectivity index (χ0) is 14.5. The van der Waals surface area contributed by atoms with Crippen molar-refractivity contribution in [2.45, 2.75) is 12.6 Å². The van der Waals surface area contributed by atoms with Crippen molar-refractivity contribution in [3.63, 3.8) is 0 Å². The molecule has 0 amide bonds. The van der Waals surface area contributed by atoms with Gasteiger partial charge in [-0.2, -0.15) is 0 Å². The van der Waals surface area contributed by atoms with Gasteiger partial charge in [-0.1, -0.05) is 42.5 Å². The van der Waals surface area contributed by atoms with Crippen molar-refractivity contribution in [3.8, 4) is 0 Å². The summed E-state index contributed by atoms with van der Waals surface area (Å²) in [6.07, 6.45) is 0. The van der Waals surface area contributed by atoms with Crippen molar-refractivity contribution in [2.24, 2.45) is 5.73 Å². The van der Waals surface area contributed by atoms with E-state index >= 15 is 0 Å². The van der Waals surface area contributed by atoms with Crippen molar-refractivity contribution in [1.82, 2.24) is 4.90 Å². The highest BCUT2D eigenvalue weighted by Crippen LogP contribution is 2.18. The summed E-state index contributed by atoms with van der Waals surface area (Å²) in [6, 6.07) is 13.5. The largest absolute Gasteiger partial charge is 0.323 e. The Kier molecular flexibility index (Phi) is 4.82. The highest BCUT2D eigenvalue weighted by molar-refractivity contribution is 5.22. The minimum Gasteiger partial charge on any atom is -0.323 e. The zero-order valence-electron chi connectivity index (χ0n) is 11.4. The number of halogens is 2. The van der Waals surface area contributed by atoms with Crippen LogP contribution in [0.4, 0.5) is 8.78 Å². The molecule has 0 aromatic heterocycles. The van der Waals surface area contributed by atoms with Crippen LogP contribution in [0.5, 0.6) is 0 Å². The molecule has 1 unspecified atom stereocenters. The van der Waals surface area contributed by atoms with Gasteiger partial charge in [0.05, 0.1) is 0 Å². The monoisotopic (exact) mass is 276 g/mol. The summed E-state index contributed by atoms with van der Waals surface area (Å²) >= 11 is 0. The van der Waals surface area contributed by atoms with Gasteiger partial charge in [-0.3, -0.25) is 0 Å². The highest BCUT2D eigenvalue weighted by atomic mass is 19.2. The molecule has 0 aliphatic carbocycles. The van der Waals surface area contributed by atoms with Gasteiger partial charge in [0.15, 0.2) is 11.6 Å². The first-order valence-corrected chi connectivity index (χ1v) is 6.50. The molecule has 0 saturated carbocycles. The average molecular weight is 276 g/mol. The highest BCUT2D eigenvalue weighted by Gasteiger charge is 2.16. The van der Waals surface area contributed by atoms with Gasteiger partial charge in [0.2, 0.25) is 0 Å². The smallest absolute Gasteiger partial charge is 0.163 e. The number of likely N-dealkylation sites (N-methyl/N-ethyl adjacent to an activating group) is 1. The molecule has 0 radical (unpaired) electrons. The molecule has 2 aromatic carbocycles. The zero-order valence-corrected chi connectivity index (χ0v) is 11.4. The van der Waals surface area contributed by atoms with Crippen LogP contribution in [0.25, 0.3) is 0 Å². The molecular weight excluding hydrogens is 258 g/mol. The summed E-state index contributed by atoms with van der Waals surface area (Å²) in [6.45, 7) is 1.17. The van der Waals surface area contributed by atoms with E-state index in [0.717, 1.165) is 11.6 Å². The fourth-order valence-corrected chi connectivity index (χ4v) is 2.20. The molecule has 0 aliphatic rings. The summed E-state index contributed by atoms with van der Waals surface area (Å²) in [4.78, 5) is 1.99. The van der Waals surface area contributed by atoms with Crippen molar-refractivity contribution in [2.75, 3.05) is 13.6 Å². The number of nitrogens with two attached hydrogens (primary N) is 1. The summed E-state index contributed by atoms with van der Waals surface area (Å²) in [5.74, 6) is -1.71. The van der Waals surface area contributed by atoms with Gasteiger partial charge in [0.1, 0.15) is 0 Å². The van der Waals surface area contributed by atoms with Crippen LogP contribution in [0.2, 0.25) is 0 Å². The maximum Gasteiger partial charge on any atom is 0.163 e. The van der Waals surface area contributed by atoms with Gasteiger partial charge in [0.25, 0.3) is 0 Å². The fraction of sp³-hybridized carbons (Fsp3) is 0.250. The van der Waals surface area contributed by atoms with Gasteiger partial charge < -0.3 is 10.6 Å². The number of hydrogen-bond donors (Lipinski definition) is 1. The standard InChI is InChI=1S/C16H18F2N2/c1-20(10-12-6-3-2-4-7-12)11-15(19)13-8-5-9-14(17)16(13)18/h2-9,15H,10-11,19H2,1H3. The van der Waals surface area contributed by atoms with Gasteiger partial charge in [-0.25, -0.2) is 8.78 Å². The number of nitrogens with zero attached hydrogens (tertiary/aromatic N) is 1. The molecule has 2 nitrogen and oxygen atoms in total. The minimum absolute atomic E-state index is 0.213. The fourth-order valence-electron chi connectivity index (χ4n) is 2.20. The lowest BCUT2D eigenvalue weighted by atomic mass is 10.1. The summed E-state index contributed by atoms with van der Waals surface area (Å²) in [7, 11) is 1.91. The van der Waals surface area contributed by atoms with E-state index in [1.165, 1.54) is 12.1 Å². The van der Waals surface area contributed by atoms with Gasteiger partial charge in [-0.05, 0) is 18.7 Å². The molecule has 2 rings (SSSR count). The molecule has 1 atom stereocenters. The van der Waals surface area contributed by atoms with E-state index < -0.39 is 17.7 Å². The van der Waals surface area contributed by atoms with Crippen LogP contribution in [0.1, 0.15) is 17.2 Å². The van der Waals surface area contributed by atoms with Crippen molar-refractivity contribution < 1.29 is 8.78 Å². The maximum atomic E-state index is 13.7. The Hall–Kier alpha value is -1.78. The van der Waals surface area contributed by atoms with Crippen LogP contribution >= 0.6 is 0 Å². The molecule has 0 heterocycles. The van der Waals surface area contributed by atoms with Crippen LogP contribution in [-0.2, 0) is 6.54 Å². The Morgan fingerprint density at radius 3 is 2.45 bits per heavy atom. The van der Waals surface area contributed by atoms with Crippen LogP contribution in [0.3, 0.4) is 0 Å². The normalized spacial score (nSPS) is 12.7. The molecule has 2 aromatic rings. The quantitative estimate of drug-likeness (QED) is 0.909. The third-order valence-electron chi connectivity index (χ3n) is 3.18. The average Bonchev–Trinajstić information content (AvgIpc) is 2.42. The summed E-state index contributed by atoms with van der Waals surface area (Å²) < 4.78 is 26.8. The second kappa shape index (κ2) is 6.59. The second-order valence-corrected chi connectivity index (χ2v) is 4.93. The first kappa shape index (κ1) is 14.6. The van der Waals surface area contributed by atoms with E-state index in [1.54, 1.807) is 0 Å². The molecule has 0 bridgehead atoms. The molecule has 0 saturated heterocycles. The van der Waals surface area contributed by atoms with Crippen LogP contribution in [-0.4, -0.2) is 18.5 Å². The van der Waals surface area contributed by atoms with E-state index in [4.69, 9.17) is 5.73 Å². The Bertz CT molecular complexity index is 558. The van der Waals surface area contributed by atoms with E-state index in [-0.39, 0.29) is 5.56 Å². The van der Waals surface area contributed by atoms with Gasteiger partial charge >= 0.3 is 0 Å². The first-order chi connectivity index (χ1) is 9.58. The van der Waals surface area contributed by atoms with Gasteiger partial charge in [0, 0.05) is 24.7 Å². The molecule has 2 N–H and O–H groups in total. The van der Waals surface area contributed by atoms with Crippen molar-refractivity contribution >= 4 is 0 Å². The van der Waals surface area contributed by atoms with Crippen LogP contribution < -0.4 is 5.73 Å². The Morgan fingerprint density at radius 2 is 1.75 bits per heavy atom. The molecule has 0 aliphatic heterocycles. The third kappa shape index (κ3) is 3.62. The van der Waals surface area contributed by atoms with E-state index in [1.807, 2.05) is 42.3 Å². The molecule has 106 valence electrons. The molecule has 0 spiro atoms. The lowest BCUT2D eigenvalue weighted by molar-refractivity contribution is 0.301. The van der Waals surface area contributed by atoms with E-state index in [9.17, 15) is 8.78 Å². The van der Waals surface area contributed by atoms with Gasteiger partial charge in [-0.15, -0.1) is 0 Å². The molecule has 4 heteroatoms. The predicted molar refractivity (Wildman–Crippen MR) is 76.1 cm³/mol. The number of hydrogen-bond acceptors (Lipinski definition) is 2. The van der Waals surface area contributed by atoms with E-state index in [0.29, 0.717) is 13.1 Å².